The summed E-state index contributed by atoms with van der Waals surface area (Å²) < 4.78 is 11.4. The largest absolute Gasteiger partial charge is 0.483 e. The van der Waals surface area contributed by atoms with Crippen LogP contribution in [0.25, 0.3) is 0 Å². The molecule has 2 aliphatic heterocycles. The highest BCUT2D eigenvalue weighted by molar-refractivity contribution is 5.81. The fourth-order valence-electron chi connectivity index (χ4n) is 3.50. The van der Waals surface area contributed by atoms with Crippen LogP contribution in [0.2, 0.25) is 0 Å². The van der Waals surface area contributed by atoms with Crippen LogP contribution < -0.4 is 15.4 Å². The molecule has 1 aromatic carbocycles. The van der Waals surface area contributed by atoms with Crippen LogP contribution in [0.1, 0.15) is 37.8 Å². The van der Waals surface area contributed by atoms with Crippen LogP contribution in [0.3, 0.4) is 0 Å². The standard InChI is InChI=1S/C20H29N3O4/c1-2-16(22-20(25)18-13-21-9-12-26-18)15-7-3-4-8-17(15)27-14-19(24)23-10-5-6-11-23/h3-4,7-8,16,18,21H,2,5-6,9-14H2,1H3,(H,22,25). The minimum atomic E-state index is -0.474. The average molecular weight is 375 g/mol. The van der Waals surface area contributed by atoms with Crippen molar-refractivity contribution < 1.29 is 19.1 Å². The Hall–Kier alpha value is -2.12. The monoisotopic (exact) mass is 375 g/mol. The van der Waals surface area contributed by atoms with Crippen LogP contribution in [0.5, 0.6) is 5.75 Å². The molecule has 2 heterocycles. The van der Waals surface area contributed by atoms with E-state index in [0.717, 1.165) is 38.0 Å². The molecule has 148 valence electrons. The number of benzene rings is 1. The molecule has 2 N–H and O–H groups in total. The van der Waals surface area contributed by atoms with Crippen molar-refractivity contribution in [3.8, 4) is 5.75 Å². The van der Waals surface area contributed by atoms with E-state index < -0.39 is 6.10 Å². The lowest BCUT2D eigenvalue weighted by atomic mass is 10.0. The molecule has 2 fully saturated rings. The second-order valence-corrected chi connectivity index (χ2v) is 6.95. The number of morpholine rings is 1. The minimum absolute atomic E-state index is 0.0149. The number of carbonyl (C=O) groups is 2. The lowest BCUT2D eigenvalue weighted by molar-refractivity contribution is -0.135. The normalized spacial score (nSPS) is 20.9. The first-order valence-corrected chi connectivity index (χ1v) is 9.81. The number of likely N-dealkylation sites (tertiary alicyclic amines) is 1. The predicted molar refractivity (Wildman–Crippen MR) is 102 cm³/mol. The van der Waals surface area contributed by atoms with Gasteiger partial charge in [0.25, 0.3) is 11.8 Å². The first kappa shape index (κ1) is 19.6. The summed E-state index contributed by atoms with van der Waals surface area (Å²) in [5, 5.41) is 6.22. The Kier molecular flexibility index (Phi) is 7.06. The molecule has 2 amide bonds. The van der Waals surface area contributed by atoms with E-state index in [0.29, 0.717) is 25.3 Å². The van der Waals surface area contributed by atoms with E-state index >= 15 is 0 Å². The zero-order valence-corrected chi connectivity index (χ0v) is 15.9. The van der Waals surface area contributed by atoms with Gasteiger partial charge in [0.15, 0.2) is 6.61 Å². The van der Waals surface area contributed by atoms with E-state index in [-0.39, 0.29) is 24.5 Å². The van der Waals surface area contributed by atoms with Crippen LogP contribution >= 0.6 is 0 Å². The maximum absolute atomic E-state index is 12.5. The van der Waals surface area contributed by atoms with Gasteiger partial charge in [-0.15, -0.1) is 0 Å². The Balaban J connectivity index is 1.63. The third kappa shape index (κ3) is 5.20. The highest BCUT2D eigenvalue weighted by Crippen LogP contribution is 2.27. The number of para-hydroxylation sites is 1. The molecule has 7 heteroatoms. The molecular formula is C20H29N3O4. The summed E-state index contributed by atoms with van der Waals surface area (Å²) in [6, 6.07) is 7.38. The summed E-state index contributed by atoms with van der Waals surface area (Å²) >= 11 is 0. The lowest BCUT2D eigenvalue weighted by Crippen LogP contribution is -2.48. The van der Waals surface area contributed by atoms with Crippen molar-refractivity contribution in [3.63, 3.8) is 0 Å². The number of hydrogen-bond donors (Lipinski definition) is 2. The Morgan fingerprint density at radius 1 is 1.33 bits per heavy atom. The van der Waals surface area contributed by atoms with Gasteiger partial charge in [-0.1, -0.05) is 25.1 Å². The highest BCUT2D eigenvalue weighted by atomic mass is 16.5. The van der Waals surface area contributed by atoms with Gasteiger partial charge in [0, 0.05) is 31.7 Å². The topological polar surface area (TPSA) is 79.9 Å². The Morgan fingerprint density at radius 3 is 2.81 bits per heavy atom. The average Bonchev–Trinajstić information content (AvgIpc) is 3.26. The summed E-state index contributed by atoms with van der Waals surface area (Å²) in [6.45, 7) is 5.48. The summed E-state index contributed by atoms with van der Waals surface area (Å²) in [7, 11) is 0. The SMILES string of the molecule is CCC(NC(=O)C1CNCCO1)c1ccccc1OCC(=O)N1CCCC1. The maximum atomic E-state index is 12.5. The molecule has 0 bridgehead atoms. The van der Waals surface area contributed by atoms with E-state index in [2.05, 4.69) is 10.6 Å². The van der Waals surface area contributed by atoms with Crippen molar-refractivity contribution in [2.24, 2.45) is 0 Å². The number of hydrogen-bond acceptors (Lipinski definition) is 5. The molecule has 0 aromatic heterocycles. The molecule has 1 aromatic rings. The van der Waals surface area contributed by atoms with Crippen LogP contribution in [0.4, 0.5) is 0 Å². The van der Waals surface area contributed by atoms with Crippen LogP contribution in [-0.4, -0.2) is 62.2 Å². The zero-order chi connectivity index (χ0) is 19.1. The number of rotatable bonds is 7. The zero-order valence-electron chi connectivity index (χ0n) is 15.9. The third-order valence-electron chi connectivity index (χ3n) is 5.05. The second-order valence-electron chi connectivity index (χ2n) is 6.95. The maximum Gasteiger partial charge on any atom is 0.260 e. The number of amides is 2. The van der Waals surface area contributed by atoms with Crippen molar-refractivity contribution in [1.82, 2.24) is 15.5 Å². The summed E-state index contributed by atoms with van der Waals surface area (Å²) in [5.74, 6) is 0.526. The van der Waals surface area contributed by atoms with E-state index in [4.69, 9.17) is 9.47 Å². The van der Waals surface area contributed by atoms with Crippen molar-refractivity contribution in [2.45, 2.75) is 38.3 Å². The third-order valence-corrected chi connectivity index (χ3v) is 5.05. The molecule has 0 saturated carbocycles. The molecule has 27 heavy (non-hydrogen) atoms. The van der Waals surface area contributed by atoms with Gasteiger partial charge in [-0.25, -0.2) is 0 Å². The summed E-state index contributed by atoms with van der Waals surface area (Å²) in [6.07, 6.45) is 2.36. The van der Waals surface area contributed by atoms with E-state index in [9.17, 15) is 9.59 Å². The van der Waals surface area contributed by atoms with E-state index in [1.54, 1.807) is 0 Å². The number of nitrogens with zero attached hydrogens (tertiary/aromatic N) is 1. The molecule has 3 rings (SSSR count). The predicted octanol–water partition coefficient (Wildman–Crippen LogP) is 1.24. The van der Waals surface area contributed by atoms with E-state index in [1.165, 1.54) is 0 Å². The molecule has 7 nitrogen and oxygen atoms in total. The van der Waals surface area contributed by atoms with E-state index in [1.807, 2.05) is 36.1 Å². The van der Waals surface area contributed by atoms with Gasteiger partial charge < -0.3 is 25.0 Å². The lowest BCUT2D eigenvalue weighted by Gasteiger charge is -2.26. The van der Waals surface area contributed by atoms with Gasteiger partial charge in [0.05, 0.1) is 12.6 Å². The van der Waals surface area contributed by atoms with Crippen LogP contribution in [0.15, 0.2) is 24.3 Å². The Bertz CT molecular complexity index is 640. The van der Waals surface area contributed by atoms with Gasteiger partial charge in [0.1, 0.15) is 11.9 Å². The summed E-state index contributed by atoms with van der Waals surface area (Å²) in [5.41, 5.74) is 0.881. The smallest absolute Gasteiger partial charge is 0.260 e. The minimum Gasteiger partial charge on any atom is -0.483 e. The van der Waals surface area contributed by atoms with Crippen molar-refractivity contribution in [3.05, 3.63) is 29.8 Å². The Morgan fingerprint density at radius 2 is 2.11 bits per heavy atom. The van der Waals surface area contributed by atoms with Crippen molar-refractivity contribution in [2.75, 3.05) is 39.4 Å². The van der Waals surface area contributed by atoms with Crippen molar-refractivity contribution >= 4 is 11.8 Å². The van der Waals surface area contributed by atoms with Gasteiger partial charge >= 0.3 is 0 Å². The molecular weight excluding hydrogens is 346 g/mol. The van der Waals surface area contributed by atoms with Gasteiger partial charge in [-0.2, -0.15) is 0 Å². The molecule has 2 atom stereocenters. The van der Waals surface area contributed by atoms with Gasteiger partial charge in [0.2, 0.25) is 0 Å². The molecule has 0 aliphatic carbocycles. The molecule has 0 radical (unpaired) electrons. The number of nitrogens with one attached hydrogen (secondary N) is 2. The van der Waals surface area contributed by atoms with Crippen LogP contribution in [-0.2, 0) is 14.3 Å². The first-order valence-electron chi connectivity index (χ1n) is 9.81. The van der Waals surface area contributed by atoms with Gasteiger partial charge in [-0.05, 0) is 25.3 Å². The molecule has 0 spiro atoms. The summed E-state index contributed by atoms with van der Waals surface area (Å²) in [4.78, 5) is 26.6. The fraction of sp³-hybridized carbons (Fsp3) is 0.600. The molecule has 2 aliphatic rings. The fourth-order valence-corrected chi connectivity index (χ4v) is 3.50. The quantitative estimate of drug-likeness (QED) is 0.750. The van der Waals surface area contributed by atoms with Crippen molar-refractivity contribution in [1.29, 1.82) is 0 Å². The molecule has 2 unspecified atom stereocenters. The van der Waals surface area contributed by atoms with Crippen LogP contribution in [0, 0.1) is 0 Å². The first-order chi connectivity index (χ1) is 13.2. The molecule has 2 saturated heterocycles. The number of carbonyl (C=O) groups excluding carboxylic acids is 2. The van der Waals surface area contributed by atoms with Gasteiger partial charge in [-0.3, -0.25) is 9.59 Å². The number of ether oxygens (including phenoxy) is 2. The Labute approximate surface area is 160 Å². The second kappa shape index (κ2) is 9.71. The highest BCUT2D eigenvalue weighted by Gasteiger charge is 2.26.